The van der Waals surface area contributed by atoms with E-state index in [1.54, 1.807) is 143 Å². The van der Waals surface area contributed by atoms with Crippen molar-refractivity contribution < 1.29 is 89.6 Å². The molecule has 0 saturated heterocycles. The summed E-state index contributed by atoms with van der Waals surface area (Å²) in [6, 6.07) is 71.8. The number of ether oxygens (including phenoxy) is 5. The first-order valence-electron chi connectivity index (χ1n) is 48.8. The Hall–Kier alpha value is -15.6. The van der Waals surface area contributed by atoms with Crippen LogP contribution < -0.4 is 67.9 Å². The molecule has 0 unspecified atom stereocenters. The summed E-state index contributed by atoms with van der Waals surface area (Å²) in [7, 11) is -4.30. The van der Waals surface area contributed by atoms with Crippen molar-refractivity contribution in [2.24, 2.45) is 0 Å². The van der Waals surface area contributed by atoms with Gasteiger partial charge in [0, 0.05) is 67.2 Å². The summed E-state index contributed by atoms with van der Waals surface area (Å²) in [6.07, 6.45) is -2.73. The van der Waals surface area contributed by atoms with E-state index in [4.69, 9.17) is 29.1 Å². The molecule has 0 radical (unpaired) electrons. The van der Waals surface area contributed by atoms with Gasteiger partial charge in [0.05, 0.1) is 17.5 Å². The number of carbonyl (C=O) groups excluding carboxylic acids is 12. The lowest BCUT2D eigenvalue weighted by molar-refractivity contribution is -0.145. The molecule has 0 aromatic heterocycles. The Labute approximate surface area is 857 Å². The minimum atomic E-state index is -4.30. The Balaban J connectivity index is 0.750. The van der Waals surface area contributed by atoms with Crippen LogP contribution >= 0.6 is 15.9 Å². The smallest absolute Gasteiger partial charge is 0.408 e. The van der Waals surface area contributed by atoms with Crippen LogP contribution in [-0.2, 0) is 105 Å². The molecule has 34 heteroatoms. The van der Waals surface area contributed by atoms with Crippen molar-refractivity contribution in [2.75, 3.05) is 39.4 Å². The van der Waals surface area contributed by atoms with Gasteiger partial charge in [-0.2, -0.15) is 0 Å². The third-order valence-corrected chi connectivity index (χ3v) is 27.0. The van der Waals surface area contributed by atoms with E-state index in [2.05, 4.69) is 79.1 Å². The van der Waals surface area contributed by atoms with Crippen LogP contribution in [0.2, 0.25) is 0 Å². The molecule has 146 heavy (non-hydrogen) atoms. The van der Waals surface area contributed by atoms with E-state index < -0.39 is 142 Å². The van der Waals surface area contributed by atoms with Gasteiger partial charge in [-0.15, -0.1) is 0 Å². The Kier molecular flexibility index (Phi) is 39.2. The largest absolute Gasteiger partial charge is 0.489 e. The summed E-state index contributed by atoms with van der Waals surface area (Å²) in [5, 5.41) is 40.5. The van der Waals surface area contributed by atoms with Gasteiger partial charge >= 0.3 is 24.2 Å². The molecule has 0 fully saturated rings. The van der Waals surface area contributed by atoms with Gasteiger partial charge in [-0.25, -0.2) is 27.5 Å². The second-order valence-corrected chi connectivity index (χ2v) is 39.4. The molecule has 2 aliphatic rings. The summed E-state index contributed by atoms with van der Waals surface area (Å²) < 4.78 is 59.1. The first-order chi connectivity index (χ1) is 70.5. The van der Waals surface area contributed by atoms with Crippen molar-refractivity contribution in [1.29, 1.82) is 5.41 Å². The molecular weight excluding hydrogens is 1940 g/mol. The highest BCUT2D eigenvalue weighted by Crippen LogP contribution is 2.46. The molecule has 13 N–H and O–H groups in total. The average molecular weight is 2070 g/mol. The van der Waals surface area contributed by atoms with Crippen molar-refractivity contribution >= 4 is 115 Å². The summed E-state index contributed by atoms with van der Waals surface area (Å²) in [6.45, 7) is 6.03. The third-order valence-electron chi connectivity index (χ3n) is 24.9. The second kappa shape index (κ2) is 53.1. The SMILES string of the molecule is Cc1ccc(S(=O)(=O)NC(=N)NCCC[C@@H](NC(=O)[C@H](CCCCNC(=O)OCC2c3ccccc3-c3ccccc32)NC(=O)[C@H](Cc2ccc(OCc3ccccc3Br)cc2)NC(=O)[C@H](Cc2ccccc2)NC(=O)OC(C)(C)C)C(=O)N[C@@H](Cc2ccc3ccccc3c2)C(=O)NCC(=O)N[C@H](CCC(=O)OCc2ccccc2)C(=O)N[C@H](C=O)CCCCNC(=O)OCC2c3ccccc3-c3ccccc32)cc1. The number of hydrogen-bond acceptors (Lipinski definition) is 20. The van der Waals surface area contributed by atoms with Gasteiger partial charge in [0.15, 0.2) is 0 Å². The molecule has 11 aromatic rings. The number of nitrogens with one attached hydrogen (secondary N) is 13. The van der Waals surface area contributed by atoms with Gasteiger partial charge in [0.25, 0.3) is 10.0 Å². The van der Waals surface area contributed by atoms with Gasteiger partial charge in [0.1, 0.15) is 80.3 Å². The molecule has 0 spiro atoms. The standard InChI is InChI=1S/C112H122BrN13O19S/c1-72-47-55-82(56-48-72)146(139,140)126-108(114)115-61-27-46-95(105(133)123-97(65-76-49-52-77-32-11-12-33-78(77)62-76)102(130)118-66-100(128)120-96(57-58-101(129)142-68-75-30-9-6-10-31-75)103(131)119-80(67-127)35-23-25-59-116-109(136)143-70-91-87-40-18-14-36-83(87)84-37-15-19-41-88(84)91)121-104(132)94(45-24-26-60-117-110(137)144-71-92-89-42-20-16-38-85(89)86-39-17-21-43-90(86)92)122-106(134)98(64-74-50-53-81(54-51-74)141-69-79-34-13-22-44-93(79)113)124-107(135)99(63-73-28-7-5-8-29-73)125-111(138)145-112(2,3)4/h5-22,28-34,36-44,47-56,62,67,80,91-92,94-99H,23-27,35,45-46,57-61,63-66,68-71H2,1-4H3,(H,116,136)(H,117,137)(H,118,130)(H,119,131)(H,120,128)(H,121,132)(H,122,134)(H,123,133)(H,124,135)(H,125,138)(H3,114,115,126)/t80-,94-,95+,96+,97-,98-,99-/m0/s1. The zero-order valence-electron chi connectivity index (χ0n) is 81.6. The second-order valence-electron chi connectivity index (χ2n) is 36.9. The Morgan fingerprint density at radius 1 is 0.404 bits per heavy atom. The van der Waals surface area contributed by atoms with E-state index in [0.29, 0.717) is 47.1 Å². The summed E-state index contributed by atoms with van der Waals surface area (Å²) in [4.78, 5) is 173. The number of carbonyl (C=O) groups is 12. The quantitative estimate of drug-likeness (QED) is 0.00420. The van der Waals surface area contributed by atoms with Crippen molar-refractivity contribution in [1.82, 2.24) is 63.2 Å². The molecule has 13 rings (SSSR count). The number of aryl methyl sites for hydroxylation is 1. The topological polar surface area (TPSA) is 453 Å². The van der Waals surface area contributed by atoms with Crippen LogP contribution in [0.15, 0.2) is 282 Å². The highest BCUT2D eigenvalue weighted by molar-refractivity contribution is 9.10. The van der Waals surface area contributed by atoms with E-state index >= 15 is 24.0 Å². The number of rotatable bonds is 50. The number of sulfonamides is 1. The zero-order valence-corrected chi connectivity index (χ0v) is 84.0. The minimum absolute atomic E-state index is 0.00497. The van der Waals surface area contributed by atoms with Crippen LogP contribution in [0.25, 0.3) is 33.0 Å². The maximum absolute atomic E-state index is 15.9. The molecule has 11 aromatic carbocycles. The number of amides is 10. The van der Waals surface area contributed by atoms with Crippen molar-refractivity contribution in [3.8, 4) is 28.0 Å². The maximum Gasteiger partial charge on any atom is 0.408 e. The van der Waals surface area contributed by atoms with Crippen LogP contribution in [0.3, 0.4) is 0 Å². The van der Waals surface area contributed by atoms with Crippen LogP contribution in [-0.4, -0.2) is 174 Å². The van der Waals surface area contributed by atoms with E-state index in [0.717, 1.165) is 70.9 Å². The molecule has 2 aliphatic carbocycles. The zero-order chi connectivity index (χ0) is 103. The van der Waals surface area contributed by atoms with Crippen molar-refractivity contribution in [3.05, 3.63) is 333 Å². The predicted octanol–water partition coefficient (Wildman–Crippen LogP) is 13.9. The fourth-order valence-corrected chi connectivity index (χ4v) is 18.7. The van der Waals surface area contributed by atoms with Gasteiger partial charge in [-0.3, -0.25) is 43.8 Å². The fraction of sp³-hybridized carbons (Fsp3) is 0.312. The highest BCUT2D eigenvalue weighted by Gasteiger charge is 2.37. The van der Waals surface area contributed by atoms with E-state index in [-0.39, 0.29) is 127 Å². The van der Waals surface area contributed by atoms with Crippen LogP contribution in [0, 0.1) is 12.3 Å². The monoisotopic (exact) mass is 2060 g/mol. The first kappa shape index (κ1) is 108. The normalized spacial score (nSPS) is 13.3. The number of esters is 1. The fourth-order valence-electron chi connectivity index (χ4n) is 17.3. The van der Waals surface area contributed by atoms with Gasteiger partial charge in [-0.05, 0) is 193 Å². The van der Waals surface area contributed by atoms with Gasteiger partial charge < -0.3 is 87.0 Å². The lowest BCUT2D eigenvalue weighted by atomic mass is 9.98. The summed E-state index contributed by atoms with van der Waals surface area (Å²) in [5.41, 5.74) is 11.3. The number of guanidine groups is 1. The van der Waals surface area contributed by atoms with Crippen LogP contribution in [0.4, 0.5) is 14.4 Å². The first-order valence-corrected chi connectivity index (χ1v) is 51.0. The number of benzene rings is 11. The van der Waals surface area contributed by atoms with Crippen LogP contribution in [0.5, 0.6) is 5.75 Å². The number of alkyl carbamates (subject to hydrolysis) is 3. The molecule has 762 valence electrons. The molecule has 10 amide bonds. The van der Waals surface area contributed by atoms with E-state index in [1.165, 1.54) is 12.1 Å². The third kappa shape index (κ3) is 32.2. The molecule has 0 bridgehead atoms. The van der Waals surface area contributed by atoms with E-state index in [9.17, 15) is 42.0 Å². The molecule has 7 atom stereocenters. The Morgan fingerprint density at radius 3 is 1.40 bits per heavy atom. The lowest BCUT2D eigenvalue weighted by Crippen LogP contribution is -2.60. The Bertz CT molecular complexity index is 6450. The number of unbranched alkanes of at least 4 members (excludes halogenated alkanes) is 2. The minimum Gasteiger partial charge on any atom is -0.489 e. The molecule has 0 saturated carbocycles. The molecule has 0 aliphatic heterocycles. The predicted molar refractivity (Wildman–Crippen MR) is 556 cm³/mol. The number of fused-ring (bicyclic) bond motifs is 7. The lowest BCUT2D eigenvalue weighted by Gasteiger charge is -2.28. The number of halogens is 1. The van der Waals surface area contributed by atoms with Crippen LogP contribution in [0.1, 0.15) is 152 Å². The number of hydrogen-bond donors (Lipinski definition) is 13. The summed E-state index contributed by atoms with van der Waals surface area (Å²) in [5.74, 6) is -7.84. The average Bonchev–Trinajstić information content (AvgIpc) is 1.62. The highest BCUT2D eigenvalue weighted by atomic mass is 79.9. The maximum atomic E-state index is 15.9. The molecule has 32 nitrogen and oxygen atoms in total. The van der Waals surface area contributed by atoms with Gasteiger partial charge in [-0.1, -0.05) is 264 Å². The van der Waals surface area contributed by atoms with Crippen molar-refractivity contribution in [3.63, 3.8) is 0 Å². The van der Waals surface area contributed by atoms with E-state index in [1.807, 2.05) is 146 Å². The molecule has 0 heterocycles. The number of aldehydes is 1. The van der Waals surface area contributed by atoms with Crippen molar-refractivity contribution in [2.45, 2.75) is 189 Å². The Morgan fingerprint density at radius 2 is 0.849 bits per heavy atom. The summed E-state index contributed by atoms with van der Waals surface area (Å²) >= 11 is 3.57. The van der Waals surface area contributed by atoms with Gasteiger partial charge in [0.2, 0.25) is 47.3 Å². The molecular formula is C112H122BrN13O19S.